The number of aliphatic imine (C=N–C) groups is 1. The summed E-state index contributed by atoms with van der Waals surface area (Å²) in [4.78, 5) is 44.7. The standard InChI is InChI=1S/C24H23N3O5S/c1-24-18(21(30)32-22(31-2)15-11-7-4-8-12-15)27-19(29)17(20(27)33-23(24)26-24)25-16(28)13-14-9-5-3-6-10-14/h3-12,17-18,20,22H,13H2,1-2H3,(H,25,28). The van der Waals surface area contributed by atoms with Crippen molar-refractivity contribution in [3.63, 3.8) is 0 Å². The summed E-state index contributed by atoms with van der Waals surface area (Å²) in [6, 6.07) is 16.8. The summed E-state index contributed by atoms with van der Waals surface area (Å²) in [7, 11) is 1.46. The number of rotatable bonds is 7. The highest BCUT2D eigenvalue weighted by Gasteiger charge is 2.69. The van der Waals surface area contributed by atoms with Gasteiger partial charge in [0.25, 0.3) is 0 Å². The number of hydrogen-bond acceptors (Lipinski definition) is 7. The molecule has 2 saturated heterocycles. The van der Waals surface area contributed by atoms with Crippen molar-refractivity contribution in [3.8, 4) is 0 Å². The smallest absolute Gasteiger partial charge is 0.334 e. The maximum atomic E-state index is 13.2. The van der Waals surface area contributed by atoms with Crippen molar-refractivity contribution in [2.75, 3.05) is 7.11 Å². The molecule has 9 heteroatoms. The third kappa shape index (κ3) is 3.81. The molecule has 5 atom stereocenters. The zero-order valence-electron chi connectivity index (χ0n) is 18.1. The van der Waals surface area contributed by atoms with E-state index in [2.05, 4.69) is 10.3 Å². The molecule has 2 aromatic rings. The number of nitrogens with zero attached hydrogens (tertiary/aromatic N) is 2. The third-order valence-electron chi connectivity index (χ3n) is 6.10. The van der Waals surface area contributed by atoms with Crippen LogP contribution >= 0.6 is 11.8 Å². The first-order valence-electron chi connectivity index (χ1n) is 10.6. The summed E-state index contributed by atoms with van der Waals surface area (Å²) in [6.45, 7) is 1.82. The van der Waals surface area contributed by atoms with E-state index in [1.165, 1.54) is 23.8 Å². The number of carbonyl (C=O) groups is 3. The number of amides is 2. The fourth-order valence-electron chi connectivity index (χ4n) is 4.29. The van der Waals surface area contributed by atoms with E-state index in [1.54, 1.807) is 12.1 Å². The van der Waals surface area contributed by atoms with E-state index >= 15 is 0 Å². The van der Waals surface area contributed by atoms with E-state index in [0.29, 0.717) is 5.56 Å². The van der Waals surface area contributed by atoms with Gasteiger partial charge in [-0.2, -0.15) is 0 Å². The zero-order valence-corrected chi connectivity index (χ0v) is 19.0. The lowest BCUT2D eigenvalue weighted by atomic mass is 9.92. The van der Waals surface area contributed by atoms with E-state index in [4.69, 9.17) is 9.47 Å². The lowest BCUT2D eigenvalue weighted by molar-refractivity contribution is -0.188. The van der Waals surface area contributed by atoms with E-state index in [-0.39, 0.29) is 18.2 Å². The van der Waals surface area contributed by atoms with Gasteiger partial charge in [0, 0.05) is 12.7 Å². The number of hydrogen-bond donors (Lipinski definition) is 1. The van der Waals surface area contributed by atoms with E-state index in [1.807, 2.05) is 55.5 Å². The molecule has 3 aliphatic heterocycles. The lowest BCUT2D eigenvalue weighted by Gasteiger charge is -2.52. The third-order valence-corrected chi connectivity index (χ3v) is 7.56. The molecule has 3 aliphatic rings. The van der Waals surface area contributed by atoms with Crippen LogP contribution in [0.2, 0.25) is 0 Å². The Morgan fingerprint density at radius 3 is 2.48 bits per heavy atom. The first kappa shape index (κ1) is 21.7. The molecule has 5 rings (SSSR count). The number of β-lactam (4-membered cyclic amide) rings is 1. The SMILES string of the molecule is COC(OC(=O)C1N2C(=O)C(NC(=O)Cc3ccccc3)C2SC2=NC21C)c1ccccc1. The maximum absolute atomic E-state index is 13.2. The van der Waals surface area contributed by atoms with Crippen LogP contribution in [0.1, 0.15) is 24.3 Å². The Balaban J connectivity index is 1.29. The highest BCUT2D eigenvalue weighted by Crippen LogP contribution is 2.52. The van der Waals surface area contributed by atoms with Crippen LogP contribution in [0.25, 0.3) is 0 Å². The Morgan fingerprint density at radius 2 is 1.82 bits per heavy atom. The first-order valence-corrected chi connectivity index (χ1v) is 11.5. The van der Waals surface area contributed by atoms with Crippen molar-refractivity contribution in [1.29, 1.82) is 0 Å². The largest absolute Gasteiger partial charge is 0.430 e. The second-order valence-electron chi connectivity index (χ2n) is 8.34. The van der Waals surface area contributed by atoms with Crippen LogP contribution in [0.5, 0.6) is 0 Å². The lowest BCUT2D eigenvalue weighted by Crippen LogP contribution is -2.77. The molecule has 33 heavy (non-hydrogen) atoms. The minimum atomic E-state index is -0.894. The van der Waals surface area contributed by atoms with Gasteiger partial charge in [0.2, 0.25) is 18.1 Å². The van der Waals surface area contributed by atoms with Crippen LogP contribution in [-0.2, 0) is 30.3 Å². The average molecular weight is 466 g/mol. The number of thioether (sulfide) groups is 1. The molecule has 8 nitrogen and oxygen atoms in total. The molecule has 2 aromatic carbocycles. The van der Waals surface area contributed by atoms with Crippen LogP contribution in [0.4, 0.5) is 0 Å². The summed E-state index contributed by atoms with van der Waals surface area (Å²) in [5.74, 6) is -1.14. The predicted molar refractivity (Wildman–Crippen MR) is 122 cm³/mol. The van der Waals surface area contributed by atoms with Crippen molar-refractivity contribution < 1.29 is 23.9 Å². The van der Waals surface area contributed by atoms with Crippen molar-refractivity contribution in [3.05, 3.63) is 71.8 Å². The zero-order chi connectivity index (χ0) is 23.2. The molecule has 170 valence electrons. The van der Waals surface area contributed by atoms with Gasteiger partial charge in [-0.3, -0.25) is 14.6 Å². The average Bonchev–Trinajstić information content (AvgIpc) is 3.51. The summed E-state index contributed by atoms with van der Waals surface area (Å²) < 4.78 is 11.0. The van der Waals surface area contributed by atoms with Crippen molar-refractivity contribution in [2.45, 2.75) is 42.6 Å². The Bertz CT molecular complexity index is 1130. The van der Waals surface area contributed by atoms with Crippen molar-refractivity contribution in [2.24, 2.45) is 4.99 Å². The van der Waals surface area contributed by atoms with Gasteiger partial charge in [-0.25, -0.2) is 4.79 Å². The number of fused-ring (bicyclic) bond motifs is 2. The minimum Gasteiger partial charge on any atom is -0.430 e. The van der Waals surface area contributed by atoms with Crippen LogP contribution in [0.3, 0.4) is 0 Å². The Kier molecular flexibility index (Phi) is 5.46. The molecular weight excluding hydrogens is 442 g/mol. The molecule has 1 N–H and O–H groups in total. The summed E-state index contributed by atoms with van der Waals surface area (Å²) in [5, 5.41) is 3.21. The Labute approximate surface area is 195 Å². The Morgan fingerprint density at radius 1 is 1.15 bits per heavy atom. The van der Waals surface area contributed by atoms with Gasteiger partial charge in [-0.05, 0) is 12.5 Å². The number of methoxy groups -OCH3 is 1. The van der Waals surface area contributed by atoms with Crippen LogP contribution in [-0.4, -0.2) is 57.8 Å². The van der Waals surface area contributed by atoms with Crippen LogP contribution in [0, 0.1) is 0 Å². The monoisotopic (exact) mass is 465 g/mol. The molecule has 0 saturated carbocycles. The quantitative estimate of drug-likeness (QED) is 0.382. The fraction of sp³-hybridized carbons (Fsp3) is 0.333. The van der Waals surface area contributed by atoms with Crippen molar-refractivity contribution >= 4 is 34.6 Å². The maximum Gasteiger partial charge on any atom is 0.334 e. The topological polar surface area (TPSA) is 97.3 Å². The van der Waals surface area contributed by atoms with Gasteiger partial charge >= 0.3 is 5.97 Å². The van der Waals surface area contributed by atoms with Gasteiger partial charge in [-0.1, -0.05) is 72.4 Å². The van der Waals surface area contributed by atoms with E-state index < -0.39 is 35.3 Å². The number of esters is 1. The van der Waals surface area contributed by atoms with Gasteiger partial charge in [-0.15, -0.1) is 0 Å². The second kappa shape index (κ2) is 8.31. The number of benzene rings is 2. The summed E-state index contributed by atoms with van der Waals surface area (Å²) in [5.41, 5.74) is 0.766. The molecule has 0 radical (unpaired) electrons. The molecule has 2 fully saturated rings. The molecule has 3 heterocycles. The van der Waals surface area contributed by atoms with Gasteiger partial charge in [0.15, 0.2) is 6.04 Å². The molecule has 5 unspecified atom stereocenters. The summed E-state index contributed by atoms with van der Waals surface area (Å²) in [6.07, 6.45) is -0.714. The first-order chi connectivity index (χ1) is 15.9. The van der Waals surface area contributed by atoms with Gasteiger partial charge in [0.1, 0.15) is 22.0 Å². The Hall–Kier alpha value is -3.17. The number of ether oxygens (including phenoxy) is 2. The molecule has 0 spiro atoms. The van der Waals surface area contributed by atoms with Gasteiger partial charge in [0.05, 0.1) is 6.42 Å². The van der Waals surface area contributed by atoms with Gasteiger partial charge < -0.3 is 19.7 Å². The molecule has 2 amide bonds. The number of nitrogens with one attached hydrogen (secondary N) is 1. The molecular formula is C24H23N3O5S. The fourth-order valence-corrected chi connectivity index (χ4v) is 5.77. The van der Waals surface area contributed by atoms with E-state index in [9.17, 15) is 14.4 Å². The predicted octanol–water partition coefficient (Wildman–Crippen LogP) is 2.06. The summed E-state index contributed by atoms with van der Waals surface area (Å²) >= 11 is 1.41. The van der Waals surface area contributed by atoms with Crippen LogP contribution < -0.4 is 5.32 Å². The molecule has 0 bridgehead atoms. The number of carbonyl (C=O) groups excluding carboxylic acids is 3. The minimum absolute atomic E-state index is 0.179. The second-order valence-corrected chi connectivity index (χ2v) is 9.45. The molecule has 0 aromatic heterocycles. The molecule has 0 aliphatic carbocycles. The highest BCUT2D eigenvalue weighted by atomic mass is 32.2. The van der Waals surface area contributed by atoms with E-state index in [0.717, 1.165) is 10.6 Å². The van der Waals surface area contributed by atoms with Crippen molar-refractivity contribution in [1.82, 2.24) is 10.2 Å². The van der Waals surface area contributed by atoms with Crippen LogP contribution in [0.15, 0.2) is 65.7 Å². The normalized spacial score (nSPS) is 27.9. The highest BCUT2D eigenvalue weighted by molar-refractivity contribution is 8.15.